The van der Waals surface area contributed by atoms with Crippen LogP contribution in [0.5, 0.6) is 0 Å². The molecule has 350 valence electrons. The molecule has 1 aliphatic carbocycles. The molecule has 0 spiro atoms. The van der Waals surface area contributed by atoms with E-state index in [9.17, 15) is 37.5 Å². The SMILES string of the molecule is CC(C)CC(=O)N[C@@H](CCCCF)C(=O)N1C(=O)C(C)c2ccccc2-c2c(N)cccc21.CC1C(=O)N(C(=O)[C@H](CCCCF)NC(=O)CC2CC2)c2cccc(N)c2-c2ccccc21. The first-order chi connectivity index (χ1) is 31.7. The number of rotatable bonds is 16. The summed E-state index contributed by atoms with van der Waals surface area (Å²) in [5.74, 6) is -2.95. The minimum atomic E-state index is -0.936. The first-order valence-corrected chi connectivity index (χ1v) is 23.1. The smallest absolute Gasteiger partial charge is 0.256 e. The van der Waals surface area contributed by atoms with E-state index in [1.807, 2.05) is 62.4 Å². The second kappa shape index (κ2) is 22.2. The Bertz CT molecular complexity index is 2280. The van der Waals surface area contributed by atoms with Crippen molar-refractivity contribution >= 4 is 58.2 Å². The molecule has 4 aromatic rings. The van der Waals surface area contributed by atoms with Gasteiger partial charge in [-0.05, 0) is 124 Å². The highest BCUT2D eigenvalue weighted by atomic mass is 19.1. The van der Waals surface area contributed by atoms with Crippen LogP contribution in [-0.2, 0) is 28.8 Å². The van der Waals surface area contributed by atoms with Gasteiger partial charge in [0.1, 0.15) is 12.1 Å². The van der Waals surface area contributed by atoms with Gasteiger partial charge in [0.15, 0.2) is 0 Å². The number of fused-ring (bicyclic) bond motifs is 6. The Morgan fingerprint density at radius 3 is 1.45 bits per heavy atom. The summed E-state index contributed by atoms with van der Waals surface area (Å²) in [6, 6.07) is 23.5. The number of carbonyl (C=O) groups excluding carboxylic acids is 6. The van der Waals surface area contributed by atoms with Crippen molar-refractivity contribution in [3.05, 3.63) is 96.1 Å². The minimum Gasteiger partial charge on any atom is -0.398 e. The number of amides is 6. The van der Waals surface area contributed by atoms with Crippen LogP contribution in [0.4, 0.5) is 31.5 Å². The third-order valence-electron chi connectivity index (χ3n) is 12.4. The average molecular weight is 905 g/mol. The second-order valence-corrected chi connectivity index (χ2v) is 18.0. The third kappa shape index (κ3) is 11.1. The van der Waals surface area contributed by atoms with Crippen molar-refractivity contribution in [3.63, 3.8) is 0 Å². The molecule has 4 aromatic carbocycles. The number of nitrogens with zero attached hydrogens (tertiary/aromatic N) is 2. The van der Waals surface area contributed by atoms with Gasteiger partial charge in [-0.15, -0.1) is 0 Å². The predicted molar refractivity (Wildman–Crippen MR) is 255 cm³/mol. The summed E-state index contributed by atoms with van der Waals surface area (Å²) in [7, 11) is 0. The topological polar surface area (TPSA) is 185 Å². The van der Waals surface area contributed by atoms with Gasteiger partial charge in [-0.1, -0.05) is 74.5 Å². The summed E-state index contributed by atoms with van der Waals surface area (Å²) < 4.78 is 25.5. The van der Waals surface area contributed by atoms with Gasteiger partial charge >= 0.3 is 0 Å². The Balaban J connectivity index is 0.000000218. The quantitative estimate of drug-likeness (QED) is 0.0634. The molecule has 2 heterocycles. The van der Waals surface area contributed by atoms with Crippen molar-refractivity contribution in [2.24, 2.45) is 11.8 Å². The zero-order chi connectivity index (χ0) is 47.7. The van der Waals surface area contributed by atoms with Gasteiger partial charge in [0.25, 0.3) is 11.8 Å². The first kappa shape index (κ1) is 49.0. The number of benzene rings is 4. The number of anilines is 4. The summed E-state index contributed by atoms with van der Waals surface area (Å²) in [4.78, 5) is 82.3. The van der Waals surface area contributed by atoms with E-state index in [2.05, 4.69) is 10.6 Å². The van der Waals surface area contributed by atoms with Gasteiger partial charge in [-0.3, -0.25) is 37.5 Å². The van der Waals surface area contributed by atoms with Crippen LogP contribution >= 0.6 is 0 Å². The van der Waals surface area contributed by atoms with Crippen LogP contribution in [0, 0.1) is 11.8 Å². The van der Waals surface area contributed by atoms with Crippen molar-refractivity contribution in [1.29, 1.82) is 0 Å². The van der Waals surface area contributed by atoms with Crippen molar-refractivity contribution in [1.82, 2.24) is 10.6 Å². The Labute approximate surface area is 385 Å². The summed E-state index contributed by atoms with van der Waals surface area (Å²) in [5, 5.41) is 5.62. The number of hydrogen-bond donors (Lipinski definition) is 4. The van der Waals surface area contributed by atoms with Gasteiger partial charge in [-0.2, -0.15) is 0 Å². The molecule has 1 saturated carbocycles. The molecule has 1 fully saturated rings. The molecule has 4 atom stereocenters. The zero-order valence-electron chi connectivity index (χ0n) is 38.3. The highest BCUT2D eigenvalue weighted by molar-refractivity contribution is 6.24. The average Bonchev–Trinajstić information content (AvgIpc) is 4.13. The van der Waals surface area contributed by atoms with Crippen LogP contribution in [0.3, 0.4) is 0 Å². The van der Waals surface area contributed by atoms with Gasteiger partial charge in [0.05, 0.1) is 36.6 Å². The standard InChI is InChI=1S/C26H30FN3O3.C26H32FN3O3/c1-16-18-7-2-3-8-19(18)24-20(28)9-6-11-22(24)30(25(16)32)26(33)21(10-4-5-14-27)29-23(31)15-17-12-13-17;1-16(2)15-23(31)29-21(12-6-7-14-27)26(33)30-22-13-8-11-20(28)24(22)19-10-5-4-9-18(19)17(3)25(30)32/h2-3,6-9,11,16-17,21H,4-5,10,12-15,28H2,1H3,(H,29,31);4-5,8-11,13,16-17,21H,6-7,12,14-15,28H2,1-3H3,(H,29,31)/t16?,21-;17?,21-/m00/s1. The van der Waals surface area contributed by atoms with Crippen LogP contribution in [-0.4, -0.2) is 60.9 Å². The maximum absolute atomic E-state index is 13.8. The predicted octanol–water partition coefficient (Wildman–Crippen LogP) is 8.92. The minimum absolute atomic E-state index is 0.112. The highest BCUT2D eigenvalue weighted by Gasteiger charge is 2.41. The fraction of sp³-hybridized carbons (Fsp3) is 0.423. The van der Waals surface area contributed by atoms with Gasteiger partial charge < -0.3 is 22.1 Å². The number of alkyl halides is 2. The molecular formula is C52H62F2N6O6. The Kier molecular flexibility index (Phi) is 16.5. The largest absolute Gasteiger partial charge is 0.398 e. The molecule has 66 heavy (non-hydrogen) atoms. The van der Waals surface area contributed by atoms with E-state index < -0.39 is 49.1 Å². The van der Waals surface area contributed by atoms with E-state index in [1.54, 1.807) is 50.2 Å². The number of halogens is 2. The molecule has 0 saturated heterocycles. The molecule has 0 radical (unpaired) electrons. The summed E-state index contributed by atoms with van der Waals surface area (Å²) in [6.07, 6.45) is 4.58. The lowest BCUT2D eigenvalue weighted by atomic mass is 9.92. The Morgan fingerprint density at radius 1 is 0.621 bits per heavy atom. The fourth-order valence-electron chi connectivity index (χ4n) is 8.80. The number of nitrogens with one attached hydrogen (secondary N) is 2. The summed E-state index contributed by atoms with van der Waals surface area (Å²) in [6.45, 7) is 6.36. The Hall–Kier alpha value is -6.44. The number of nitrogen functional groups attached to an aromatic ring is 2. The Morgan fingerprint density at radius 2 is 1.05 bits per heavy atom. The number of imide groups is 2. The lowest BCUT2D eigenvalue weighted by molar-refractivity contribution is -0.132. The lowest BCUT2D eigenvalue weighted by Crippen LogP contribution is -2.51. The maximum Gasteiger partial charge on any atom is 0.256 e. The molecule has 14 heteroatoms. The van der Waals surface area contributed by atoms with Crippen LogP contribution in [0.15, 0.2) is 84.9 Å². The molecule has 0 aromatic heterocycles. The van der Waals surface area contributed by atoms with Gasteiger partial charge in [-0.25, -0.2) is 9.80 Å². The lowest BCUT2D eigenvalue weighted by Gasteiger charge is -2.28. The number of carbonyl (C=O) groups is 6. The zero-order valence-corrected chi connectivity index (χ0v) is 38.3. The fourth-order valence-corrected chi connectivity index (χ4v) is 8.80. The molecule has 0 bridgehead atoms. The molecule has 7 rings (SSSR count). The van der Waals surface area contributed by atoms with E-state index in [4.69, 9.17) is 11.5 Å². The molecular weight excluding hydrogens is 843 g/mol. The summed E-state index contributed by atoms with van der Waals surface area (Å²) >= 11 is 0. The van der Waals surface area contributed by atoms with Crippen molar-refractivity contribution in [3.8, 4) is 22.3 Å². The molecule has 3 aliphatic rings. The number of nitrogens with two attached hydrogens (primary N) is 2. The van der Waals surface area contributed by atoms with Crippen molar-refractivity contribution in [2.75, 3.05) is 34.6 Å². The second-order valence-electron chi connectivity index (χ2n) is 18.0. The molecule has 6 N–H and O–H groups in total. The van der Waals surface area contributed by atoms with Crippen molar-refractivity contribution < 1.29 is 37.5 Å². The molecule has 2 aliphatic heterocycles. The number of unbranched alkanes of at least 4 members (excludes halogenated alkanes) is 2. The van der Waals surface area contributed by atoms with E-state index in [-0.39, 0.29) is 55.2 Å². The van der Waals surface area contributed by atoms with Crippen LogP contribution in [0.1, 0.15) is 115 Å². The van der Waals surface area contributed by atoms with E-state index in [0.717, 1.165) is 40.0 Å². The van der Waals surface area contributed by atoms with Gasteiger partial charge in [0.2, 0.25) is 23.6 Å². The summed E-state index contributed by atoms with van der Waals surface area (Å²) in [5.41, 5.74) is 18.8. The van der Waals surface area contributed by atoms with Crippen LogP contribution in [0.25, 0.3) is 22.3 Å². The van der Waals surface area contributed by atoms with E-state index in [1.165, 1.54) is 4.90 Å². The monoisotopic (exact) mass is 904 g/mol. The van der Waals surface area contributed by atoms with Gasteiger partial charge in [0, 0.05) is 35.3 Å². The molecule has 2 unspecified atom stereocenters. The van der Waals surface area contributed by atoms with Crippen LogP contribution in [0.2, 0.25) is 0 Å². The van der Waals surface area contributed by atoms with E-state index in [0.29, 0.717) is 65.5 Å². The van der Waals surface area contributed by atoms with Crippen molar-refractivity contribution in [2.45, 2.75) is 116 Å². The molecule has 6 amide bonds. The van der Waals surface area contributed by atoms with E-state index >= 15 is 0 Å². The normalized spacial score (nSPS) is 17.1. The molecule has 12 nitrogen and oxygen atoms in total. The maximum atomic E-state index is 13.8. The third-order valence-corrected chi connectivity index (χ3v) is 12.4. The van der Waals surface area contributed by atoms with Crippen LogP contribution < -0.4 is 31.9 Å². The first-order valence-electron chi connectivity index (χ1n) is 23.1. The highest BCUT2D eigenvalue weighted by Crippen LogP contribution is 2.46. The number of hydrogen-bond acceptors (Lipinski definition) is 8.